The van der Waals surface area contributed by atoms with Gasteiger partial charge < -0.3 is 20.5 Å². The molecular formula is C25H28N2O5. The number of hydrogen-bond acceptors (Lipinski definition) is 4. The maximum Gasteiger partial charge on any atom is 0.407 e. The first-order chi connectivity index (χ1) is 15.4. The van der Waals surface area contributed by atoms with E-state index in [9.17, 15) is 14.4 Å². The van der Waals surface area contributed by atoms with E-state index < -0.39 is 24.0 Å². The zero-order valence-corrected chi connectivity index (χ0v) is 18.0. The van der Waals surface area contributed by atoms with Crippen molar-refractivity contribution in [2.24, 2.45) is 5.92 Å². The van der Waals surface area contributed by atoms with Crippen molar-refractivity contribution in [3.8, 4) is 11.1 Å². The van der Waals surface area contributed by atoms with E-state index in [1.807, 2.05) is 24.3 Å². The first-order valence-corrected chi connectivity index (χ1v) is 11.1. The summed E-state index contributed by atoms with van der Waals surface area (Å²) < 4.78 is 5.52. The highest BCUT2D eigenvalue weighted by molar-refractivity contribution is 5.80. The molecule has 4 rings (SSSR count). The lowest BCUT2D eigenvalue weighted by molar-refractivity contribution is -0.141. The second-order valence-electron chi connectivity index (χ2n) is 8.69. The molecule has 168 valence electrons. The van der Waals surface area contributed by atoms with Crippen molar-refractivity contribution < 1.29 is 24.2 Å². The van der Waals surface area contributed by atoms with Crippen LogP contribution in [-0.2, 0) is 14.3 Å². The van der Waals surface area contributed by atoms with Gasteiger partial charge in [0, 0.05) is 24.4 Å². The molecule has 0 heterocycles. The molecule has 2 aliphatic rings. The zero-order valence-electron chi connectivity index (χ0n) is 18.0. The predicted molar refractivity (Wildman–Crippen MR) is 119 cm³/mol. The minimum atomic E-state index is -0.813. The first-order valence-electron chi connectivity index (χ1n) is 11.1. The number of alkyl carbamates (subject to hydrolysis) is 1. The molecule has 1 fully saturated rings. The van der Waals surface area contributed by atoms with Gasteiger partial charge in [0.1, 0.15) is 6.61 Å². The lowest BCUT2D eigenvalue weighted by Gasteiger charge is -2.18. The van der Waals surface area contributed by atoms with Crippen LogP contribution in [0.15, 0.2) is 48.5 Å². The molecule has 3 atom stereocenters. The van der Waals surface area contributed by atoms with Crippen molar-refractivity contribution in [3.63, 3.8) is 0 Å². The first kappa shape index (κ1) is 21.9. The molecule has 1 saturated carbocycles. The Morgan fingerprint density at radius 2 is 1.66 bits per heavy atom. The van der Waals surface area contributed by atoms with Crippen LogP contribution in [0.1, 0.15) is 49.7 Å². The predicted octanol–water partition coefficient (Wildman–Crippen LogP) is 3.67. The van der Waals surface area contributed by atoms with Crippen LogP contribution in [0.4, 0.5) is 4.79 Å². The molecule has 2 aromatic carbocycles. The molecule has 2 aliphatic carbocycles. The number of carboxylic acids is 1. The second-order valence-corrected chi connectivity index (χ2v) is 8.69. The van der Waals surface area contributed by atoms with E-state index in [0.29, 0.717) is 19.3 Å². The minimum absolute atomic E-state index is 0.0173. The summed E-state index contributed by atoms with van der Waals surface area (Å²) in [6.45, 7) is 1.97. The summed E-state index contributed by atoms with van der Waals surface area (Å²) in [7, 11) is 0. The average Bonchev–Trinajstić information content (AvgIpc) is 3.35. The molecule has 0 saturated heterocycles. The lowest BCUT2D eigenvalue weighted by Crippen LogP contribution is -2.40. The van der Waals surface area contributed by atoms with Gasteiger partial charge in [-0.25, -0.2) is 4.79 Å². The third kappa shape index (κ3) is 4.77. The molecule has 2 aromatic rings. The molecule has 0 bridgehead atoms. The molecule has 3 N–H and O–H groups in total. The molecule has 0 aliphatic heterocycles. The number of hydrogen-bond donors (Lipinski definition) is 3. The summed E-state index contributed by atoms with van der Waals surface area (Å²) in [5.41, 5.74) is 4.62. The van der Waals surface area contributed by atoms with E-state index >= 15 is 0 Å². The quantitative estimate of drug-likeness (QED) is 0.614. The molecule has 7 heteroatoms. The number of carboxylic acid groups (broad SMARTS) is 1. The molecule has 32 heavy (non-hydrogen) atoms. The Morgan fingerprint density at radius 1 is 1.03 bits per heavy atom. The van der Waals surface area contributed by atoms with Gasteiger partial charge in [-0.05, 0) is 48.4 Å². The number of aliphatic carboxylic acids is 1. The smallest absolute Gasteiger partial charge is 0.407 e. The monoisotopic (exact) mass is 436 g/mol. The van der Waals surface area contributed by atoms with Crippen LogP contribution in [0.3, 0.4) is 0 Å². The maximum absolute atomic E-state index is 12.3. The van der Waals surface area contributed by atoms with Crippen molar-refractivity contribution in [2.75, 3.05) is 6.61 Å². The third-order valence-electron chi connectivity index (χ3n) is 6.35. The van der Waals surface area contributed by atoms with Gasteiger partial charge in [-0.15, -0.1) is 0 Å². The van der Waals surface area contributed by atoms with Crippen LogP contribution < -0.4 is 10.6 Å². The average molecular weight is 437 g/mol. The highest BCUT2D eigenvalue weighted by Gasteiger charge is 2.31. The van der Waals surface area contributed by atoms with Crippen molar-refractivity contribution in [1.82, 2.24) is 10.6 Å². The molecule has 0 aromatic heterocycles. The Kier molecular flexibility index (Phi) is 6.44. The Bertz CT molecular complexity index is 975. The number of fused-ring (bicyclic) bond motifs is 3. The van der Waals surface area contributed by atoms with E-state index in [1.165, 1.54) is 11.1 Å². The Hall–Kier alpha value is -3.35. The van der Waals surface area contributed by atoms with Crippen LogP contribution in [0.5, 0.6) is 0 Å². The standard InChI is InChI=1S/C25H28N2O5/c1-15(12-23(28)27-17-11-10-16(13-17)24(29)30)26-25(31)32-14-22-20-8-4-2-6-18(20)19-7-3-5-9-21(19)22/h2-9,15-17,22H,10-14H2,1H3,(H,26,31)(H,27,28)(H,29,30)/t15-,16-,17+/m0/s1. The molecule has 2 amide bonds. The number of amides is 2. The van der Waals surface area contributed by atoms with Gasteiger partial charge in [0.25, 0.3) is 0 Å². The largest absolute Gasteiger partial charge is 0.481 e. The molecule has 0 spiro atoms. The summed E-state index contributed by atoms with van der Waals surface area (Å²) in [6.07, 6.45) is 1.25. The van der Waals surface area contributed by atoms with Gasteiger partial charge in [0.2, 0.25) is 5.91 Å². The fourth-order valence-electron chi connectivity index (χ4n) is 4.79. The van der Waals surface area contributed by atoms with Gasteiger partial charge in [0.15, 0.2) is 0 Å². The van der Waals surface area contributed by atoms with Crippen molar-refractivity contribution in [3.05, 3.63) is 59.7 Å². The van der Waals surface area contributed by atoms with Gasteiger partial charge in [-0.2, -0.15) is 0 Å². The fourth-order valence-corrected chi connectivity index (χ4v) is 4.79. The van der Waals surface area contributed by atoms with Crippen LogP contribution in [-0.4, -0.2) is 41.8 Å². The summed E-state index contributed by atoms with van der Waals surface area (Å²) in [5, 5.41) is 14.7. The normalized spacial score (nSPS) is 20.2. The van der Waals surface area contributed by atoms with E-state index in [2.05, 4.69) is 34.9 Å². The van der Waals surface area contributed by atoms with Crippen LogP contribution in [0.2, 0.25) is 0 Å². The Morgan fingerprint density at radius 3 is 2.25 bits per heavy atom. The Labute approximate surface area is 187 Å². The van der Waals surface area contributed by atoms with Crippen LogP contribution in [0.25, 0.3) is 11.1 Å². The van der Waals surface area contributed by atoms with E-state index in [0.717, 1.165) is 11.1 Å². The fraction of sp³-hybridized carbons (Fsp3) is 0.400. The number of rotatable bonds is 7. The molecule has 0 unspecified atom stereocenters. The van der Waals surface area contributed by atoms with Crippen LogP contribution >= 0.6 is 0 Å². The number of nitrogens with one attached hydrogen (secondary N) is 2. The number of carbonyl (C=O) groups is 3. The second kappa shape index (κ2) is 9.42. The summed E-state index contributed by atoms with van der Waals surface area (Å²) in [5.74, 6) is -1.42. The number of carbonyl (C=O) groups excluding carboxylic acids is 2. The maximum atomic E-state index is 12.3. The number of ether oxygens (including phenoxy) is 1. The molecular weight excluding hydrogens is 408 g/mol. The molecule has 7 nitrogen and oxygen atoms in total. The van der Waals surface area contributed by atoms with Gasteiger partial charge in [0.05, 0.1) is 5.92 Å². The Balaban J connectivity index is 1.26. The molecule has 0 radical (unpaired) electrons. The third-order valence-corrected chi connectivity index (χ3v) is 6.35. The highest BCUT2D eigenvalue weighted by atomic mass is 16.5. The summed E-state index contributed by atoms with van der Waals surface area (Å²) in [6, 6.07) is 15.8. The van der Waals surface area contributed by atoms with Crippen LogP contribution in [0, 0.1) is 5.92 Å². The minimum Gasteiger partial charge on any atom is -0.481 e. The SMILES string of the molecule is C[C@@H](CC(=O)N[C@@H]1CC[C@H](C(=O)O)C1)NC(=O)OCC1c2ccccc2-c2ccccc21. The van der Waals surface area contributed by atoms with Gasteiger partial charge >= 0.3 is 12.1 Å². The summed E-state index contributed by atoms with van der Waals surface area (Å²) in [4.78, 5) is 35.7. The topological polar surface area (TPSA) is 105 Å². The zero-order chi connectivity index (χ0) is 22.7. The lowest BCUT2D eigenvalue weighted by atomic mass is 9.98. The van der Waals surface area contributed by atoms with Crippen molar-refractivity contribution in [1.29, 1.82) is 0 Å². The van der Waals surface area contributed by atoms with Gasteiger partial charge in [-0.3, -0.25) is 9.59 Å². The van der Waals surface area contributed by atoms with Gasteiger partial charge in [-0.1, -0.05) is 48.5 Å². The van der Waals surface area contributed by atoms with E-state index in [1.54, 1.807) is 6.92 Å². The summed E-state index contributed by atoms with van der Waals surface area (Å²) >= 11 is 0. The number of benzene rings is 2. The van der Waals surface area contributed by atoms with E-state index in [-0.39, 0.29) is 30.9 Å². The van der Waals surface area contributed by atoms with Crippen molar-refractivity contribution in [2.45, 2.75) is 50.6 Å². The van der Waals surface area contributed by atoms with Crippen molar-refractivity contribution >= 4 is 18.0 Å². The highest BCUT2D eigenvalue weighted by Crippen LogP contribution is 2.44. The van der Waals surface area contributed by atoms with E-state index in [4.69, 9.17) is 9.84 Å².